The largest absolute Gasteiger partial charge is 0.384 e. The smallest absolute Gasteiger partial charge is 0.112 e. The molecule has 1 N–H and O–H groups in total. The van der Waals surface area contributed by atoms with Gasteiger partial charge in [-0.15, -0.1) is 0 Å². The standard InChI is InChI=1S/C16H29B2NO7/c1-20-6-10-12(26-16(18)14(10)23-4)8-24-19-5-9-11(7-21-2)25-15(17)13(9)22-3/h9-16,19H,5-8H2,1-4H3/t9?,10?,11-,12-,13-,14-,15-,16-/m1/s1. The Balaban J connectivity index is 1.81. The van der Waals surface area contributed by atoms with Crippen molar-refractivity contribution < 1.29 is 33.3 Å². The second kappa shape index (κ2) is 11.0. The maximum absolute atomic E-state index is 5.97. The molecule has 0 saturated carbocycles. The van der Waals surface area contributed by atoms with Gasteiger partial charge in [0, 0.05) is 58.8 Å². The van der Waals surface area contributed by atoms with Crippen LogP contribution in [0.5, 0.6) is 0 Å². The van der Waals surface area contributed by atoms with Gasteiger partial charge in [0.15, 0.2) is 0 Å². The second-order valence-corrected chi connectivity index (χ2v) is 6.58. The summed E-state index contributed by atoms with van der Waals surface area (Å²) in [7, 11) is 18.4. The highest BCUT2D eigenvalue weighted by Crippen LogP contribution is 2.29. The van der Waals surface area contributed by atoms with Gasteiger partial charge in [-0.25, -0.2) is 5.48 Å². The second-order valence-electron chi connectivity index (χ2n) is 6.58. The van der Waals surface area contributed by atoms with Crippen molar-refractivity contribution in [1.82, 2.24) is 5.48 Å². The normalized spacial score (nSPS) is 40.3. The Morgan fingerprint density at radius 3 is 1.85 bits per heavy atom. The Hall–Kier alpha value is -0.190. The van der Waals surface area contributed by atoms with Gasteiger partial charge < -0.3 is 28.4 Å². The molecule has 2 rings (SSSR count). The Labute approximate surface area is 158 Å². The van der Waals surface area contributed by atoms with Crippen molar-refractivity contribution in [3.05, 3.63) is 0 Å². The zero-order valence-corrected chi connectivity index (χ0v) is 16.0. The van der Waals surface area contributed by atoms with Gasteiger partial charge in [0.2, 0.25) is 0 Å². The number of hydrogen-bond donors (Lipinski definition) is 1. The molecule has 8 nitrogen and oxygen atoms in total. The lowest BCUT2D eigenvalue weighted by Gasteiger charge is -2.24. The molecule has 0 amide bonds. The molecule has 26 heavy (non-hydrogen) atoms. The van der Waals surface area contributed by atoms with Crippen LogP contribution in [0.4, 0.5) is 0 Å². The number of ether oxygens (including phenoxy) is 6. The minimum Gasteiger partial charge on any atom is -0.384 e. The molecule has 0 aromatic carbocycles. The molecule has 4 radical (unpaired) electrons. The summed E-state index contributed by atoms with van der Waals surface area (Å²) in [6.07, 6.45) is -0.848. The molecule has 0 aliphatic carbocycles. The molecule has 146 valence electrons. The van der Waals surface area contributed by atoms with Crippen molar-refractivity contribution in [2.45, 2.75) is 36.4 Å². The molecule has 10 heteroatoms. The maximum atomic E-state index is 5.97. The fraction of sp³-hybridized carbons (Fsp3) is 1.00. The summed E-state index contributed by atoms with van der Waals surface area (Å²) in [6.45, 7) is 1.73. The molecular formula is C16H29B2NO7. The SMILES string of the molecule is [B][C@@H]1O[C@H](COC)C(CNOC[C@H]2O[C@@H]([B])[C@H](OC)C2COC)[C@H]1OC. The van der Waals surface area contributed by atoms with Gasteiger partial charge in [0.05, 0.1) is 44.2 Å². The molecule has 2 heterocycles. The first kappa shape index (κ1) is 22.1. The summed E-state index contributed by atoms with van der Waals surface area (Å²) in [5, 5.41) is 0. The Morgan fingerprint density at radius 2 is 1.31 bits per heavy atom. The van der Waals surface area contributed by atoms with Crippen molar-refractivity contribution in [2.75, 3.05) is 54.8 Å². The number of methoxy groups -OCH3 is 4. The summed E-state index contributed by atoms with van der Waals surface area (Å²) in [5.41, 5.74) is 2.96. The van der Waals surface area contributed by atoms with Gasteiger partial charge >= 0.3 is 0 Å². The van der Waals surface area contributed by atoms with Crippen molar-refractivity contribution >= 4 is 15.7 Å². The number of hydroxylamine groups is 1. The quantitative estimate of drug-likeness (QED) is 0.278. The van der Waals surface area contributed by atoms with Crippen LogP contribution in [0.25, 0.3) is 0 Å². The van der Waals surface area contributed by atoms with E-state index in [-0.39, 0.29) is 36.3 Å². The lowest BCUT2D eigenvalue weighted by molar-refractivity contribution is -0.0645. The van der Waals surface area contributed by atoms with E-state index in [2.05, 4.69) is 5.48 Å². The van der Waals surface area contributed by atoms with Crippen molar-refractivity contribution in [3.63, 3.8) is 0 Å². The summed E-state index contributed by atoms with van der Waals surface area (Å²) < 4.78 is 32.8. The van der Waals surface area contributed by atoms with Gasteiger partial charge in [-0.3, -0.25) is 4.84 Å². The van der Waals surface area contributed by atoms with E-state index < -0.39 is 12.0 Å². The fourth-order valence-corrected chi connectivity index (χ4v) is 3.72. The zero-order chi connectivity index (χ0) is 19.1. The van der Waals surface area contributed by atoms with Gasteiger partial charge in [-0.05, 0) is 0 Å². The first-order valence-electron chi connectivity index (χ1n) is 8.77. The Morgan fingerprint density at radius 1 is 0.769 bits per heavy atom. The van der Waals surface area contributed by atoms with E-state index in [1.807, 2.05) is 0 Å². The number of rotatable bonds is 11. The van der Waals surface area contributed by atoms with E-state index in [1.54, 1.807) is 28.4 Å². The highest BCUT2D eigenvalue weighted by molar-refractivity contribution is 6.12. The average molecular weight is 369 g/mol. The first-order valence-corrected chi connectivity index (χ1v) is 8.77. The molecule has 2 saturated heterocycles. The van der Waals surface area contributed by atoms with E-state index in [0.717, 1.165) is 0 Å². The molecule has 8 atom stereocenters. The Bertz CT molecular complexity index is 409. The Kier molecular flexibility index (Phi) is 9.32. The third kappa shape index (κ3) is 5.20. The van der Waals surface area contributed by atoms with E-state index >= 15 is 0 Å². The van der Waals surface area contributed by atoms with Crippen molar-refractivity contribution in [2.24, 2.45) is 11.8 Å². The summed E-state index contributed by atoms with van der Waals surface area (Å²) >= 11 is 0. The van der Waals surface area contributed by atoms with E-state index in [0.29, 0.717) is 26.4 Å². The molecule has 2 aliphatic heterocycles. The predicted molar refractivity (Wildman–Crippen MR) is 95.1 cm³/mol. The van der Waals surface area contributed by atoms with Crippen LogP contribution in [0.1, 0.15) is 0 Å². The summed E-state index contributed by atoms with van der Waals surface area (Å²) in [4.78, 5) is 5.62. The van der Waals surface area contributed by atoms with E-state index in [9.17, 15) is 0 Å². The average Bonchev–Trinajstić information content (AvgIpc) is 3.08. The minimum atomic E-state index is -0.501. The fourth-order valence-electron chi connectivity index (χ4n) is 3.72. The minimum absolute atomic E-state index is 0.00185. The third-order valence-electron chi connectivity index (χ3n) is 5.01. The van der Waals surface area contributed by atoms with Crippen LogP contribution in [0.2, 0.25) is 0 Å². The number of nitrogens with one attached hydrogen (secondary N) is 1. The van der Waals surface area contributed by atoms with Gasteiger partial charge in [0.25, 0.3) is 0 Å². The number of hydrogen-bond acceptors (Lipinski definition) is 8. The molecule has 0 aromatic rings. The van der Waals surface area contributed by atoms with Crippen LogP contribution in [0.15, 0.2) is 0 Å². The van der Waals surface area contributed by atoms with Gasteiger partial charge in [-0.2, -0.15) is 0 Å². The molecule has 0 bridgehead atoms. The van der Waals surface area contributed by atoms with Gasteiger partial charge in [0.1, 0.15) is 15.7 Å². The van der Waals surface area contributed by atoms with Crippen LogP contribution < -0.4 is 5.48 Å². The van der Waals surface area contributed by atoms with E-state index in [1.165, 1.54) is 0 Å². The third-order valence-corrected chi connectivity index (χ3v) is 5.01. The summed E-state index contributed by atoms with van der Waals surface area (Å²) in [6, 6.07) is -0.990. The highest BCUT2D eigenvalue weighted by Gasteiger charge is 2.43. The highest BCUT2D eigenvalue weighted by atomic mass is 16.7. The first-order chi connectivity index (χ1) is 12.6. The maximum Gasteiger partial charge on any atom is 0.112 e. The lowest BCUT2D eigenvalue weighted by Crippen LogP contribution is -2.40. The van der Waals surface area contributed by atoms with Crippen LogP contribution >= 0.6 is 0 Å². The van der Waals surface area contributed by atoms with Crippen LogP contribution in [-0.4, -0.2) is 107 Å². The monoisotopic (exact) mass is 369 g/mol. The summed E-state index contributed by atoms with van der Waals surface area (Å²) in [5.74, 6) is 0.00111. The predicted octanol–water partition coefficient (Wildman–Crippen LogP) is -1.15. The van der Waals surface area contributed by atoms with Crippen LogP contribution in [-0.2, 0) is 33.3 Å². The topological polar surface area (TPSA) is 76.6 Å². The van der Waals surface area contributed by atoms with Crippen molar-refractivity contribution in [3.8, 4) is 0 Å². The van der Waals surface area contributed by atoms with Crippen molar-refractivity contribution in [1.29, 1.82) is 0 Å². The van der Waals surface area contributed by atoms with Crippen LogP contribution in [0.3, 0.4) is 0 Å². The van der Waals surface area contributed by atoms with Gasteiger partial charge in [-0.1, -0.05) is 0 Å². The molecular weight excluding hydrogens is 340 g/mol. The molecule has 2 unspecified atom stereocenters. The molecule has 2 fully saturated rings. The molecule has 2 aliphatic rings. The zero-order valence-electron chi connectivity index (χ0n) is 16.0. The lowest BCUT2D eigenvalue weighted by atomic mass is 9.87. The molecule has 0 spiro atoms. The van der Waals surface area contributed by atoms with Crippen LogP contribution in [0, 0.1) is 11.8 Å². The van der Waals surface area contributed by atoms with E-state index in [4.69, 9.17) is 49.0 Å². The molecule has 0 aromatic heterocycles.